The van der Waals surface area contributed by atoms with Gasteiger partial charge in [0.2, 0.25) is 0 Å². The highest BCUT2D eigenvalue weighted by Gasteiger charge is 2.19. The molecule has 1 heterocycles. The lowest BCUT2D eigenvalue weighted by Gasteiger charge is -2.28. The summed E-state index contributed by atoms with van der Waals surface area (Å²) in [5, 5.41) is 14.1. The van der Waals surface area contributed by atoms with Gasteiger partial charge in [-0.2, -0.15) is 0 Å². The number of nitrogens with one attached hydrogen (secondary N) is 1. The minimum atomic E-state index is -0.835. The van der Waals surface area contributed by atoms with Crippen LogP contribution in [0.15, 0.2) is 11.4 Å². The quantitative estimate of drug-likeness (QED) is 0.858. The Balaban J connectivity index is 1.80. The first-order valence-electron chi connectivity index (χ1n) is 6.71. The monoisotopic (exact) mass is 267 g/mol. The zero-order valence-corrected chi connectivity index (χ0v) is 11.6. The topological polar surface area (TPSA) is 49.3 Å². The summed E-state index contributed by atoms with van der Waals surface area (Å²) in [6, 6.07) is 2.30. The maximum absolute atomic E-state index is 10.8. The minimum Gasteiger partial charge on any atom is -0.478 e. The smallest absolute Gasteiger partial charge is 0.336 e. The van der Waals surface area contributed by atoms with Crippen molar-refractivity contribution in [3.8, 4) is 0 Å². The van der Waals surface area contributed by atoms with Crippen LogP contribution in [0.3, 0.4) is 0 Å². The van der Waals surface area contributed by atoms with Crippen LogP contribution in [-0.4, -0.2) is 17.1 Å². The second-order valence-electron chi connectivity index (χ2n) is 5.17. The van der Waals surface area contributed by atoms with Gasteiger partial charge in [0.25, 0.3) is 0 Å². The van der Waals surface area contributed by atoms with Crippen LogP contribution in [0.4, 0.5) is 0 Å². The van der Waals surface area contributed by atoms with Crippen molar-refractivity contribution in [3.05, 3.63) is 21.9 Å². The van der Waals surface area contributed by atoms with Crippen molar-refractivity contribution < 1.29 is 9.90 Å². The number of hydrogen-bond acceptors (Lipinski definition) is 3. The van der Waals surface area contributed by atoms with Crippen LogP contribution in [0.25, 0.3) is 0 Å². The van der Waals surface area contributed by atoms with Gasteiger partial charge in [-0.1, -0.05) is 19.3 Å². The standard InChI is InChI=1S/C14H21NO2S/c1-10(11-5-3-2-4-6-11)15-8-13-7-12(9-18-13)14(16)17/h7,9-11,15H,2-6,8H2,1H3,(H,16,17)/t10-/m0/s1. The SMILES string of the molecule is C[C@H](NCc1cc(C(=O)O)cs1)C1CCCCC1. The molecular formula is C14H21NO2S. The zero-order chi connectivity index (χ0) is 13.0. The molecule has 1 saturated carbocycles. The fourth-order valence-electron chi connectivity index (χ4n) is 2.65. The van der Waals surface area contributed by atoms with Crippen LogP contribution in [0.5, 0.6) is 0 Å². The summed E-state index contributed by atoms with van der Waals surface area (Å²) in [6.07, 6.45) is 6.77. The van der Waals surface area contributed by atoms with Crippen LogP contribution in [0.1, 0.15) is 54.3 Å². The van der Waals surface area contributed by atoms with Crippen LogP contribution < -0.4 is 5.32 Å². The Morgan fingerprint density at radius 2 is 2.22 bits per heavy atom. The normalized spacial score (nSPS) is 18.7. The molecule has 0 aliphatic heterocycles. The van der Waals surface area contributed by atoms with Gasteiger partial charge in [0, 0.05) is 22.8 Å². The number of thiophene rings is 1. The second kappa shape index (κ2) is 6.34. The molecule has 0 spiro atoms. The number of aromatic carboxylic acids is 1. The Kier molecular flexibility index (Phi) is 4.78. The van der Waals surface area contributed by atoms with E-state index in [2.05, 4.69) is 12.2 Å². The predicted molar refractivity (Wildman–Crippen MR) is 74.2 cm³/mol. The van der Waals surface area contributed by atoms with E-state index in [4.69, 9.17) is 5.11 Å². The molecule has 1 fully saturated rings. The first-order chi connectivity index (χ1) is 8.66. The van der Waals surface area contributed by atoms with Crippen molar-refractivity contribution in [2.24, 2.45) is 5.92 Å². The van der Waals surface area contributed by atoms with Crippen molar-refractivity contribution in [1.82, 2.24) is 5.32 Å². The fourth-order valence-corrected chi connectivity index (χ4v) is 3.46. The van der Waals surface area contributed by atoms with Crippen molar-refractivity contribution in [3.63, 3.8) is 0 Å². The summed E-state index contributed by atoms with van der Waals surface area (Å²) < 4.78 is 0. The highest BCUT2D eigenvalue weighted by atomic mass is 32.1. The molecule has 100 valence electrons. The van der Waals surface area contributed by atoms with Gasteiger partial charge < -0.3 is 10.4 Å². The second-order valence-corrected chi connectivity index (χ2v) is 6.17. The molecule has 0 saturated heterocycles. The third-order valence-corrected chi connectivity index (χ3v) is 4.79. The third-order valence-electron chi connectivity index (χ3n) is 3.86. The lowest BCUT2D eigenvalue weighted by Crippen LogP contribution is -2.34. The number of hydrogen-bond donors (Lipinski definition) is 2. The molecule has 1 atom stereocenters. The largest absolute Gasteiger partial charge is 0.478 e. The molecule has 0 amide bonds. The van der Waals surface area contributed by atoms with Gasteiger partial charge >= 0.3 is 5.97 Å². The molecule has 2 rings (SSSR count). The van der Waals surface area contributed by atoms with E-state index < -0.39 is 5.97 Å². The third kappa shape index (κ3) is 3.56. The number of rotatable bonds is 5. The van der Waals surface area contributed by atoms with Crippen LogP contribution in [0, 0.1) is 5.92 Å². The Hall–Kier alpha value is -0.870. The summed E-state index contributed by atoms with van der Waals surface area (Å²) in [5.41, 5.74) is 0.405. The van der Waals surface area contributed by atoms with Gasteiger partial charge in [0.1, 0.15) is 0 Å². The molecule has 1 aromatic rings. The Labute approximate surface area is 112 Å². The lowest BCUT2D eigenvalue weighted by molar-refractivity contribution is 0.0697. The van der Waals surface area contributed by atoms with E-state index in [1.165, 1.54) is 43.4 Å². The van der Waals surface area contributed by atoms with Crippen molar-refractivity contribution >= 4 is 17.3 Å². The molecule has 18 heavy (non-hydrogen) atoms. The van der Waals surface area contributed by atoms with E-state index in [0.29, 0.717) is 11.6 Å². The number of carboxylic acids is 1. The molecule has 1 aliphatic rings. The number of carboxylic acid groups (broad SMARTS) is 1. The van der Waals surface area contributed by atoms with Crippen molar-refractivity contribution in [2.45, 2.75) is 51.6 Å². The molecule has 3 nitrogen and oxygen atoms in total. The van der Waals surface area contributed by atoms with Gasteiger partial charge in [-0.3, -0.25) is 0 Å². The Morgan fingerprint density at radius 1 is 1.50 bits per heavy atom. The lowest BCUT2D eigenvalue weighted by atomic mass is 9.84. The molecule has 0 unspecified atom stereocenters. The van der Waals surface area contributed by atoms with Crippen LogP contribution in [0.2, 0.25) is 0 Å². The fraction of sp³-hybridized carbons (Fsp3) is 0.643. The van der Waals surface area contributed by atoms with Crippen LogP contribution >= 0.6 is 11.3 Å². The van der Waals surface area contributed by atoms with Crippen LogP contribution in [-0.2, 0) is 6.54 Å². The van der Waals surface area contributed by atoms with Gasteiger partial charge in [-0.05, 0) is 31.7 Å². The first-order valence-corrected chi connectivity index (χ1v) is 7.59. The van der Waals surface area contributed by atoms with Crippen molar-refractivity contribution in [2.75, 3.05) is 0 Å². The van der Waals surface area contributed by atoms with E-state index in [1.54, 1.807) is 11.4 Å². The summed E-state index contributed by atoms with van der Waals surface area (Å²) in [5.74, 6) is -0.0458. The summed E-state index contributed by atoms with van der Waals surface area (Å²) in [6.45, 7) is 3.04. The molecule has 0 radical (unpaired) electrons. The predicted octanol–water partition coefficient (Wildman–Crippen LogP) is 3.50. The molecular weight excluding hydrogens is 246 g/mol. The maximum atomic E-state index is 10.8. The van der Waals surface area contributed by atoms with Crippen molar-refractivity contribution in [1.29, 1.82) is 0 Å². The molecule has 1 aliphatic carbocycles. The van der Waals surface area contributed by atoms with E-state index >= 15 is 0 Å². The Morgan fingerprint density at radius 3 is 2.83 bits per heavy atom. The molecule has 4 heteroatoms. The highest BCUT2D eigenvalue weighted by molar-refractivity contribution is 7.10. The summed E-state index contributed by atoms with van der Waals surface area (Å²) in [7, 11) is 0. The zero-order valence-electron chi connectivity index (χ0n) is 10.8. The average molecular weight is 267 g/mol. The van der Waals surface area contributed by atoms with E-state index in [1.807, 2.05) is 0 Å². The molecule has 0 aromatic carbocycles. The van der Waals surface area contributed by atoms with E-state index in [0.717, 1.165) is 17.3 Å². The van der Waals surface area contributed by atoms with Gasteiger partial charge in [-0.25, -0.2) is 4.79 Å². The van der Waals surface area contributed by atoms with Gasteiger partial charge in [0.15, 0.2) is 0 Å². The van der Waals surface area contributed by atoms with Gasteiger partial charge in [-0.15, -0.1) is 11.3 Å². The van der Waals surface area contributed by atoms with Gasteiger partial charge in [0.05, 0.1) is 5.56 Å². The number of carbonyl (C=O) groups is 1. The first kappa shape index (κ1) is 13.6. The average Bonchev–Trinajstić information content (AvgIpc) is 2.86. The molecule has 2 N–H and O–H groups in total. The minimum absolute atomic E-state index is 0.405. The van der Waals surface area contributed by atoms with E-state index in [9.17, 15) is 4.79 Å². The highest BCUT2D eigenvalue weighted by Crippen LogP contribution is 2.26. The Bertz CT molecular complexity index is 396. The van der Waals surface area contributed by atoms with E-state index in [-0.39, 0.29) is 0 Å². The molecule has 1 aromatic heterocycles. The molecule has 0 bridgehead atoms. The summed E-state index contributed by atoms with van der Waals surface area (Å²) >= 11 is 1.52. The maximum Gasteiger partial charge on any atom is 0.336 e. The summed E-state index contributed by atoms with van der Waals surface area (Å²) in [4.78, 5) is 11.9.